The number of hydrogen-bond donors (Lipinski definition) is 2. The van der Waals surface area contributed by atoms with Crippen molar-refractivity contribution in [1.29, 1.82) is 0 Å². The van der Waals surface area contributed by atoms with E-state index in [0.29, 0.717) is 6.42 Å². The minimum atomic E-state index is -3.53. The molecule has 0 fully saturated rings. The SMILES string of the molecule is CC(C)C(O)CCNS(=O)(=O)c1ccc2ccccc2c1. The van der Waals surface area contributed by atoms with Crippen molar-refractivity contribution in [3.63, 3.8) is 0 Å². The molecule has 114 valence electrons. The van der Waals surface area contributed by atoms with E-state index in [2.05, 4.69) is 4.72 Å². The Bertz CT molecular complexity index is 710. The first-order chi connectivity index (χ1) is 9.90. The molecular weight excluding hydrogens is 286 g/mol. The monoisotopic (exact) mass is 307 g/mol. The number of rotatable bonds is 6. The first-order valence-electron chi connectivity index (χ1n) is 7.07. The van der Waals surface area contributed by atoms with Crippen LogP contribution in [-0.2, 0) is 10.0 Å². The second kappa shape index (κ2) is 6.56. The van der Waals surface area contributed by atoms with E-state index < -0.39 is 16.1 Å². The van der Waals surface area contributed by atoms with Gasteiger partial charge in [-0.2, -0.15) is 0 Å². The van der Waals surface area contributed by atoms with Gasteiger partial charge >= 0.3 is 0 Å². The number of benzene rings is 2. The quantitative estimate of drug-likeness (QED) is 0.862. The lowest BCUT2D eigenvalue weighted by Crippen LogP contribution is -2.28. The second-order valence-electron chi connectivity index (χ2n) is 5.51. The van der Waals surface area contributed by atoms with E-state index >= 15 is 0 Å². The van der Waals surface area contributed by atoms with Crippen LogP contribution in [0.1, 0.15) is 20.3 Å². The first-order valence-corrected chi connectivity index (χ1v) is 8.55. The van der Waals surface area contributed by atoms with Crippen molar-refractivity contribution in [2.45, 2.75) is 31.3 Å². The zero-order valence-corrected chi connectivity index (χ0v) is 13.1. The van der Waals surface area contributed by atoms with Crippen molar-refractivity contribution in [2.24, 2.45) is 5.92 Å². The third kappa shape index (κ3) is 4.03. The molecule has 5 heteroatoms. The van der Waals surface area contributed by atoms with Crippen LogP contribution in [-0.4, -0.2) is 26.2 Å². The second-order valence-corrected chi connectivity index (χ2v) is 7.27. The molecule has 0 aromatic heterocycles. The Morgan fingerprint density at radius 3 is 2.43 bits per heavy atom. The van der Waals surface area contributed by atoms with Gasteiger partial charge < -0.3 is 5.11 Å². The summed E-state index contributed by atoms with van der Waals surface area (Å²) in [7, 11) is -3.53. The van der Waals surface area contributed by atoms with E-state index in [0.717, 1.165) is 10.8 Å². The summed E-state index contributed by atoms with van der Waals surface area (Å²) in [6.45, 7) is 4.04. The van der Waals surface area contributed by atoms with Crippen LogP contribution in [0.3, 0.4) is 0 Å². The van der Waals surface area contributed by atoms with Gasteiger partial charge in [0.05, 0.1) is 11.0 Å². The third-order valence-corrected chi connectivity index (χ3v) is 4.99. The van der Waals surface area contributed by atoms with Gasteiger partial charge in [0.1, 0.15) is 0 Å². The van der Waals surface area contributed by atoms with Crippen molar-refractivity contribution in [2.75, 3.05) is 6.54 Å². The number of aliphatic hydroxyl groups excluding tert-OH is 1. The molecule has 2 aromatic carbocycles. The largest absolute Gasteiger partial charge is 0.393 e. The van der Waals surface area contributed by atoms with Gasteiger partial charge in [-0.05, 0) is 35.2 Å². The van der Waals surface area contributed by atoms with E-state index in [1.54, 1.807) is 18.2 Å². The summed E-state index contributed by atoms with van der Waals surface area (Å²) >= 11 is 0. The summed E-state index contributed by atoms with van der Waals surface area (Å²) < 4.78 is 27.0. The summed E-state index contributed by atoms with van der Waals surface area (Å²) in [4.78, 5) is 0.250. The van der Waals surface area contributed by atoms with Crippen molar-refractivity contribution in [3.05, 3.63) is 42.5 Å². The maximum atomic E-state index is 12.2. The molecule has 0 saturated carbocycles. The highest BCUT2D eigenvalue weighted by atomic mass is 32.2. The van der Waals surface area contributed by atoms with Crippen LogP contribution in [0, 0.1) is 5.92 Å². The molecule has 0 spiro atoms. The highest BCUT2D eigenvalue weighted by molar-refractivity contribution is 7.89. The summed E-state index contributed by atoms with van der Waals surface area (Å²) in [6, 6.07) is 12.7. The third-order valence-electron chi connectivity index (χ3n) is 3.53. The number of nitrogens with one attached hydrogen (secondary N) is 1. The smallest absolute Gasteiger partial charge is 0.240 e. The van der Waals surface area contributed by atoms with Crippen molar-refractivity contribution in [3.8, 4) is 0 Å². The Kier molecular flexibility index (Phi) is 4.98. The van der Waals surface area contributed by atoms with Crippen LogP contribution >= 0.6 is 0 Å². The molecule has 4 nitrogen and oxygen atoms in total. The molecule has 0 aliphatic carbocycles. The minimum absolute atomic E-state index is 0.121. The molecule has 2 aromatic rings. The normalized spacial score (nSPS) is 13.7. The van der Waals surface area contributed by atoms with Crippen molar-refractivity contribution < 1.29 is 13.5 Å². The lowest BCUT2D eigenvalue weighted by Gasteiger charge is -2.14. The zero-order chi connectivity index (χ0) is 15.5. The molecule has 0 radical (unpaired) electrons. The fraction of sp³-hybridized carbons (Fsp3) is 0.375. The number of sulfonamides is 1. The molecule has 0 heterocycles. The van der Waals surface area contributed by atoms with E-state index in [1.165, 1.54) is 0 Å². The molecule has 21 heavy (non-hydrogen) atoms. The Morgan fingerprint density at radius 1 is 1.10 bits per heavy atom. The van der Waals surface area contributed by atoms with Crippen LogP contribution in [0.25, 0.3) is 10.8 Å². The Morgan fingerprint density at radius 2 is 1.76 bits per heavy atom. The van der Waals surface area contributed by atoms with E-state index in [1.807, 2.05) is 38.1 Å². The number of fused-ring (bicyclic) bond motifs is 1. The first kappa shape index (κ1) is 15.9. The molecule has 0 aliphatic heterocycles. The summed E-state index contributed by atoms with van der Waals surface area (Å²) in [5.74, 6) is 0.121. The number of hydrogen-bond acceptors (Lipinski definition) is 3. The van der Waals surface area contributed by atoms with E-state index in [4.69, 9.17) is 0 Å². The van der Waals surface area contributed by atoms with Crippen LogP contribution in [0.15, 0.2) is 47.4 Å². The summed E-state index contributed by atoms with van der Waals surface area (Å²) in [5, 5.41) is 11.6. The van der Waals surface area contributed by atoms with Gasteiger partial charge in [-0.15, -0.1) is 0 Å². The van der Waals surface area contributed by atoms with Gasteiger partial charge in [0.15, 0.2) is 0 Å². The predicted octanol–water partition coefficient (Wildman–Crippen LogP) is 2.53. The molecule has 0 aliphatic rings. The van der Waals surface area contributed by atoms with Crippen LogP contribution in [0.5, 0.6) is 0 Å². The van der Waals surface area contributed by atoms with Crippen LogP contribution in [0.4, 0.5) is 0 Å². The topological polar surface area (TPSA) is 66.4 Å². The highest BCUT2D eigenvalue weighted by Crippen LogP contribution is 2.18. The van der Waals surface area contributed by atoms with Gasteiger partial charge in [0, 0.05) is 6.54 Å². The van der Waals surface area contributed by atoms with Crippen molar-refractivity contribution in [1.82, 2.24) is 4.72 Å². The molecule has 2 N–H and O–H groups in total. The molecule has 0 bridgehead atoms. The fourth-order valence-electron chi connectivity index (χ4n) is 2.09. The predicted molar refractivity (Wildman–Crippen MR) is 84.6 cm³/mol. The molecule has 1 atom stereocenters. The minimum Gasteiger partial charge on any atom is -0.393 e. The summed E-state index contributed by atoms with van der Waals surface area (Å²) in [5.41, 5.74) is 0. The van der Waals surface area contributed by atoms with E-state index in [9.17, 15) is 13.5 Å². The standard InChI is InChI=1S/C16H21NO3S/c1-12(2)16(18)9-10-17-21(19,20)15-8-7-13-5-3-4-6-14(13)11-15/h3-8,11-12,16-18H,9-10H2,1-2H3. The number of aliphatic hydroxyl groups is 1. The van der Waals surface area contributed by atoms with Gasteiger partial charge in [-0.25, -0.2) is 13.1 Å². The molecule has 0 amide bonds. The van der Waals surface area contributed by atoms with Crippen LogP contribution < -0.4 is 4.72 Å². The van der Waals surface area contributed by atoms with Gasteiger partial charge in [-0.1, -0.05) is 44.2 Å². The van der Waals surface area contributed by atoms with Crippen LogP contribution in [0.2, 0.25) is 0 Å². The van der Waals surface area contributed by atoms with E-state index in [-0.39, 0.29) is 17.4 Å². The Labute approximate surface area is 125 Å². The van der Waals surface area contributed by atoms with Crippen molar-refractivity contribution >= 4 is 20.8 Å². The fourth-order valence-corrected chi connectivity index (χ4v) is 3.17. The van der Waals surface area contributed by atoms with Gasteiger partial charge in [-0.3, -0.25) is 0 Å². The molecular formula is C16H21NO3S. The average Bonchev–Trinajstić information content (AvgIpc) is 2.46. The molecule has 0 saturated heterocycles. The lowest BCUT2D eigenvalue weighted by atomic mass is 10.1. The lowest BCUT2D eigenvalue weighted by molar-refractivity contribution is 0.118. The molecule has 1 unspecified atom stereocenters. The summed E-state index contributed by atoms with van der Waals surface area (Å²) in [6.07, 6.45) is -0.0888. The highest BCUT2D eigenvalue weighted by Gasteiger charge is 2.15. The molecule has 2 rings (SSSR count). The zero-order valence-electron chi connectivity index (χ0n) is 12.3. The average molecular weight is 307 g/mol. The van der Waals surface area contributed by atoms with Gasteiger partial charge in [0.2, 0.25) is 10.0 Å². The van der Waals surface area contributed by atoms with Gasteiger partial charge in [0.25, 0.3) is 0 Å². The Balaban J connectivity index is 2.10. The maximum absolute atomic E-state index is 12.2. The maximum Gasteiger partial charge on any atom is 0.240 e. The Hall–Kier alpha value is -1.43.